The largest absolute Gasteiger partial charge is 0.368 e. The van der Waals surface area contributed by atoms with Gasteiger partial charge in [-0.05, 0) is 26.2 Å². The second-order valence-electron chi connectivity index (χ2n) is 4.04. The molecular weight excluding hydrogens is 246 g/mol. The van der Waals surface area contributed by atoms with E-state index in [1.54, 1.807) is 0 Å². The highest BCUT2D eigenvalue weighted by atomic mass is 79.9. The lowest BCUT2D eigenvalue weighted by Crippen LogP contribution is -2.50. The molecule has 14 heavy (non-hydrogen) atoms. The highest BCUT2D eigenvalue weighted by molar-refractivity contribution is 9.09. The first-order chi connectivity index (χ1) is 6.61. The van der Waals surface area contributed by atoms with Crippen LogP contribution in [0, 0.1) is 0 Å². The Morgan fingerprint density at radius 1 is 1.71 bits per heavy atom. The summed E-state index contributed by atoms with van der Waals surface area (Å²) in [6.07, 6.45) is 2.54. The predicted molar refractivity (Wildman–Crippen MR) is 59.6 cm³/mol. The van der Waals surface area contributed by atoms with Gasteiger partial charge in [0.1, 0.15) is 6.10 Å². The molecule has 0 bridgehead atoms. The Hall–Kier alpha value is -0.0900. The van der Waals surface area contributed by atoms with Gasteiger partial charge < -0.3 is 10.1 Å². The van der Waals surface area contributed by atoms with Crippen LogP contribution in [0.4, 0.5) is 0 Å². The van der Waals surface area contributed by atoms with Crippen LogP contribution in [0.5, 0.6) is 0 Å². The average Bonchev–Trinajstić information content (AvgIpc) is 2.70. The van der Waals surface area contributed by atoms with E-state index in [1.165, 1.54) is 0 Å². The fraction of sp³-hybridized carbons (Fsp3) is 0.900. The second kappa shape index (κ2) is 5.12. The number of hydrogen-bond donors (Lipinski definition) is 1. The Morgan fingerprint density at radius 2 is 2.43 bits per heavy atom. The molecule has 1 aliphatic heterocycles. The molecule has 82 valence electrons. The summed E-state index contributed by atoms with van der Waals surface area (Å²) >= 11 is 3.41. The van der Waals surface area contributed by atoms with E-state index in [0.29, 0.717) is 0 Å². The molecule has 0 aromatic rings. The first kappa shape index (κ1) is 12.0. The van der Waals surface area contributed by atoms with Gasteiger partial charge in [-0.15, -0.1) is 0 Å². The van der Waals surface area contributed by atoms with E-state index < -0.39 is 0 Å². The van der Waals surface area contributed by atoms with Gasteiger partial charge in [0, 0.05) is 17.5 Å². The van der Waals surface area contributed by atoms with Gasteiger partial charge in [-0.1, -0.05) is 22.9 Å². The maximum absolute atomic E-state index is 11.7. The van der Waals surface area contributed by atoms with Crippen molar-refractivity contribution in [3.05, 3.63) is 0 Å². The number of rotatable bonds is 4. The number of ether oxygens (including phenoxy) is 1. The fourth-order valence-corrected chi connectivity index (χ4v) is 1.92. The van der Waals surface area contributed by atoms with Crippen LogP contribution in [0.15, 0.2) is 0 Å². The Kier molecular flexibility index (Phi) is 4.38. The lowest BCUT2D eigenvalue weighted by Gasteiger charge is -2.28. The second-order valence-corrected chi connectivity index (χ2v) is 4.60. The minimum absolute atomic E-state index is 0.0336. The third-order valence-electron chi connectivity index (χ3n) is 2.72. The van der Waals surface area contributed by atoms with E-state index in [0.717, 1.165) is 31.2 Å². The van der Waals surface area contributed by atoms with Crippen molar-refractivity contribution in [3.63, 3.8) is 0 Å². The summed E-state index contributed by atoms with van der Waals surface area (Å²) < 4.78 is 5.32. The minimum Gasteiger partial charge on any atom is -0.368 e. The molecule has 1 heterocycles. The summed E-state index contributed by atoms with van der Waals surface area (Å²) in [6.45, 7) is 4.82. The standard InChI is InChI=1S/C10H18BrNO2/c1-3-10(2,7-11)12-9(13)8-5-4-6-14-8/h8H,3-7H2,1-2H3,(H,12,13). The number of amides is 1. The van der Waals surface area contributed by atoms with Crippen molar-refractivity contribution in [1.29, 1.82) is 0 Å². The Bertz CT molecular complexity index is 198. The molecule has 2 atom stereocenters. The zero-order chi connectivity index (χ0) is 10.6. The number of hydrogen-bond acceptors (Lipinski definition) is 2. The van der Waals surface area contributed by atoms with E-state index in [9.17, 15) is 4.79 Å². The quantitative estimate of drug-likeness (QED) is 0.787. The molecule has 0 aromatic carbocycles. The average molecular weight is 264 g/mol. The predicted octanol–water partition coefficient (Wildman–Crippen LogP) is 1.85. The molecule has 1 amide bonds. The minimum atomic E-state index is -0.222. The van der Waals surface area contributed by atoms with E-state index in [1.807, 2.05) is 6.92 Å². The maximum Gasteiger partial charge on any atom is 0.249 e. The van der Waals surface area contributed by atoms with E-state index >= 15 is 0 Å². The summed E-state index contributed by atoms with van der Waals surface area (Å²) in [6, 6.07) is 0. The van der Waals surface area contributed by atoms with Gasteiger partial charge in [-0.2, -0.15) is 0 Å². The first-order valence-corrected chi connectivity index (χ1v) is 6.23. The number of carbonyl (C=O) groups is 1. The summed E-state index contributed by atoms with van der Waals surface area (Å²) in [4.78, 5) is 11.7. The van der Waals surface area contributed by atoms with Gasteiger partial charge in [-0.25, -0.2) is 0 Å². The van der Waals surface area contributed by atoms with Crippen LogP contribution >= 0.6 is 15.9 Å². The van der Waals surface area contributed by atoms with E-state index in [4.69, 9.17) is 4.74 Å². The van der Waals surface area contributed by atoms with Crippen molar-refractivity contribution >= 4 is 21.8 Å². The molecule has 2 unspecified atom stereocenters. The molecule has 1 aliphatic rings. The molecule has 0 radical (unpaired) electrons. The first-order valence-electron chi connectivity index (χ1n) is 5.11. The van der Waals surface area contributed by atoms with Gasteiger partial charge in [0.05, 0.1) is 0 Å². The number of halogens is 1. The number of carbonyl (C=O) groups excluding carboxylic acids is 1. The van der Waals surface area contributed by atoms with Gasteiger partial charge in [0.25, 0.3) is 0 Å². The normalized spacial score (nSPS) is 25.8. The Labute approximate surface area is 93.7 Å². The van der Waals surface area contributed by atoms with Crippen molar-refractivity contribution in [2.75, 3.05) is 11.9 Å². The number of nitrogens with one attached hydrogen (secondary N) is 1. The van der Waals surface area contributed by atoms with Gasteiger partial charge in [0.2, 0.25) is 5.91 Å². The third kappa shape index (κ3) is 2.95. The number of alkyl halides is 1. The fourth-order valence-electron chi connectivity index (χ4n) is 1.38. The highest BCUT2D eigenvalue weighted by Gasteiger charge is 2.29. The van der Waals surface area contributed by atoms with Crippen LogP contribution in [-0.2, 0) is 9.53 Å². The van der Waals surface area contributed by atoms with Crippen molar-refractivity contribution in [3.8, 4) is 0 Å². The molecule has 1 saturated heterocycles. The van der Waals surface area contributed by atoms with Crippen LogP contribution in [0.1, 0.15) is 33.1 Å². The molecular formula is C10H18BrNO2. The van der Waals surface area contributed by atoms with Crippen LogP contribution in [0.25, 0.3) is 0 Å². The van der Waals surface area contributed by atoms with Crippen LogP contribution < -0.4 is 5.32 Å². The lowest BCUT2D eigenvalue weighted by molar-refractivity contribution is -0.131. The van der Waals surface area contributed by atoms with Crippen LogP contribution in [0.2, 0.25) is 0 Å². The van der Waals surface area contributed by atoms with Gasteiger partial charge >= 0.3 is 0 Å². The molecule has 1 rings (SSSR count). The lowest BCUT2D eigenvalue weighted by atomic mass is 10.0. The molecule has 4 heteroatoms. The Morgan fingerprint density at radius 3 is 2.86 bits per heavy atom. The van der Waals surface area contributed by atoms with E-state index in [2.05, 4.69) is 28.2 Å². The topological polar surface area (TPSA) is 38.3 Å². The molecule has 0 aromatic heterocycles. The molecule has 0 spiro atoms. The van der Waals surface area contributed by atoms with Crippen molar-refractivity contribution in [2.45, 2.75) is 44.8 Å². The molecule has 1 N–H and O–H groups in total. The molecule has 1 fully saturated rings. The van der Waals surface area contributed by atoms with Crippen LogP contribution in [-0.4, -0.2) is 29.5 Å². The zero-order valence-corrected chi connectivity index (χ0v) is 10.4. The third-order valence-corrected chi connectivity index (χ3v) is 3.96. The summed E-state index contributed by atoms with van der Waals surface area (Å²) in [7, 11) is 0. The van der Waals surface area contributed by atoms with Gasteiger partial charge in [0.15, 0.2) is 0 Å². The molecule has 0 aliphatic carbocycles. The van der Waals surface area contributed by atoms with Crippen molar-refractivity contribution in [1.82, 2.24) is 5.32 Å². The molecule has 0 saturated carbocycles. The van der Waals surface area contributed by atoms with E-state index in [-0.39, 0.29) is 17.6 Å². The van der Waals surface area contributed by atoms with Crippen molar-refractivity contribution in [2.24, 2.45) is 0 Å². The summed E-state index contributed by atoms with van der Waals surface area (Å²) in [5, 5.41) is 3.80. The smallest absolute Gasteiger partial charge is 0.249 e. The van der Waals surface area contributed by atoms with Gasteiger partial charge in [-0.3, -0.25) is 4.79 Å². The summed E-state index contributed by atoms with van der Waals surface area (Å²) in [5.41, 5.74) is -0.150. The highest BCUT2D eigenvalue weighted by Crippen LogP contribution is 2.16. The monoisotopic (exact) mass is 263 g/mol. The zero-order valence-electron chi connectivity index (χ0n) is 8.81. The van der Waals surface area contributed by atoms with Crippen molar-refractivity contribution < 1.29 is 9.53 Å². The van der Waals surface area contributed by atoms with Crippen LogP contribution in [0.3, 0.4) is 0 Å². The SMILES string of the molecule is CCC(C)(CBr)NC(=O)C1CCCO1. The maximum atomic E-state index is 11.7. The Balaban J connectivity index is 2.45. The molecule has 3 nitrogen and oxygen atoms in total. The summed E-state index contributed by atoms with van der Waals surface area (Å²) in [5.74, 6) is 0.0336.